The Morgan fingerprint density at radius 3 is 2.62 bits per heavy atom. The largest absolute Gasteiger partial charge is 0.457 e. The van der Waals surface area contributed by atoms with Crippen molar-refractivity contribution in [2.45, 2.75) is 24.8 Å². The minimum Gasteiger partial charge on any atom is -0.457 e. The van der Waals surface area contributed by atoms with Crippen LogP contribution in [-0.4, -0.2) is 20.9 Å². The molecule has 0 aromatic heterocycles. The zero-order valence-corrected chi connectivity index (χ0v) is 16.9. The molecule has 6 heteroatoms. The van der Waals surface area contributed by atoms with Crippen molar-refractivity contribution in [3.05, 3.63) is 95.1 Å². The van der Waals surface area contributed by atoms with Crippen LogP contribution in [0.5, 0.6) is 0 Å². The molecule has 3 aromatic rings. The summed E-state index contributed by atoms with van der Waals surface area (Å²) in [6, 6.07) is 21.2. The molecule has 0 aliphatic carbocycles. The molecule has 0 saturated carbocycles. The number of nitrogens with zero attached hydrogens (tertiary/aromatic N) is 1. The monoisotopic (exact) mass is 407 g/mol. The fourth-order valence-corrected chi connectivity index (χ4v) is 5.05. The van der Waals surface area contributed by atoms with Crippen LogP contribution in [0, 0.1) is 6.92 Å². The van der Waals surface area contributed by atoms with Crippen LogP contribution in [0.3, 0.4) is 0 Å². The zero-order chi connectivity index (χ0) is 20.4. The Hall–Kier alpha value is -3.12. The van der Waals surface area contributed by atoms with Crippen LogP contribution in [0.2, 0.25) is 0 Å². The molecule has 0 atom stereocenters. The van der Waals surface area contributed by atoms with Crippen molar-refractivity contribution in [1.82, 2.24) is 0 Å². The first-order valence-corrected chi connectivity index (χ1v) is 10.8. The third kappa shape index (κ3) is 3.89. The van der Waals surface area contributed by atoms with E-state index in [2.05, 4.69) is 0 Å². The van der Waals surface area contributed by atoms with Gasteiger partial charge in [-0.15, -0.1) is 0 Å². The predicted octanol–water partition coefficient (Wildman–Crippen LogP) is 4.10. The minimum atomic E-state index is -3.76. The maximum Gasteiger partial charge on any atom is 0.338 e. The lowest BCUT2D eigenvalue weighted by molar-refractivity contribution is 0.0472. The van der Waals surface area contributed by atoms with E-state index in [1.165, 1.54) is 16.4 Å². The van der Waals surface area contributed by atoms with E-state index in [-0.39, 0.29) is 17.1 Å². The van der Waals surface area contributed by atoms with Crippen molar-refractivity contribution >= 4 is 21.7 Å². The molecule has 148 valence electrons. The van der Waals surface area contributed by atoms with Crippen molar-refractivity contribution < 1.29 is 17.9 Å². The van der Waals surface area contributed by atoms with E-state index >= 15 is 0 Å². The highest BCUT2D eigenvalue weighted by Crippen LogP contribution is 2.32. The lowest BCUT2D eigenvalue weighted by Gasteiger charge is -2.19. The van der Waals surface area contributed by atoms with Gasteiger partial charge in [-0.05, 0) is 48.7 Å². The van der Waals surface area contributed by atoms with Crippen LogP contribution in [0.15, 0.2) is 77.7 Å². The van der Waals surface area contributed by atoms with Gasteiger partial charge in [0.15, 0.2) is 0 Å². The van der Waals surface area contributed by atoms with Crippen LogP contribution in [0.25, 0.3) is 0 Å². The fraction of sp³-hybridized carbons (Fsp3) is 0.174. The summed E-state index contributed by atoms with van der Waals surface area (Å²) in [5, 5.41) is 0. The summed E-state index contributed by atoms with van der Waals surface area (Å²) >= 11 is 0. The number of sulfonamides is 1. The molecular formula is C23H21NO4S. The molecule has 0 unspecified atom stereocenters. The smallest absolute Gasteiger partial charge is 0.338 e. The highest BCUT2D eigenvalue weighted by atomic mass is 32.2. The van der Waals surface area contributed by atoms with Crippen LogP contribution >= 0.6 is 0 Å². The van der Waals surface area contributed by atoms with E-state index in [9.17, 15) is 13.2 Å². The van der Waals surface area contributed by atoms with Crippen LogP contribution in [0.1, 0.15) is 27.0 Å². The number of rotatable bonds is 5. The van der Waals surface area contributed by atoms with Crippen molar-refractivity contribution in [2.24, 2.45) is 0 Å². The molecule has 29 heavy (non-hydrogen) atoms. The van der Waals surface area contributed by atoms with Gasteiger partial charge in [0.2, 0.25) is 0 Å². The Morgan fingerprint density at radius 1 is 1.00 bits per heavy atom. The van der Waals surface area contributed by atoms with Crippen LogP contribution in [-0.2, 0) is 27.8 Å². The molecule has 0 saturated heterocycles. The topological polar surface area (TPSA) is 63.7 Å². The molecule has 1 aliphatic heterocycles. The quantitative estimate of drug-likeness (QED) is 0.597. The number of carbonyl (C=O) groups is 1. The van der Waals surface area contributed by atoms with E-state index in [1.54, 1.807) is 18.2 Å². The van der Waals surface area contributed by atoms with Gasteiger partial charge >= 0.3 is 5.97 Å². The molecule has 0 radical (unpaired) electrons. The number of esters is 1. The third-order valence-corrected chi connectivity index (χ3v) is 6.76. The second-order valence-corrected chi connectivity index (χ2v) is 8.91. The second-order valence-electron chi connectivity index (χ2n) is 7.05. The molecule has 1 heterocycles. The minimum absolute atomic E-state index is 0.0826. The molecule has 0 bridgehead atoms. The normalized spacial score (nSPS) is 13.2. The molecular weight excluding hydrogens is 386 g/mol. The molecule has 0 N–H and O–H groups in total. The lowest BCUT2D eigenvalue weighted by Crippen LogP contribution is -2.29. The number of para-hydroxylation sites is 1. The van der Waals surface area contributed by atoms with E-state index in [1.807, 2.05) is 49.4 Å². The standard InChI is InChI=1S/C23H21NO4S/c1-17-6-4-7-18(14-17)16-28-23(25)20-9-5-10-21(15-20)29(26,27)24-13-12-19-8-2-3-11-22(19)24/h2-11,14-15H,12-13,16H2,1H3. The van der Waals surface area contributed by atoms with E-state index in [4.69, 9.17) is 4.74 Å². The van der Waals surface area contributed by atoms with Gasteiger partial charge in [0.25, 0.3) is 10.0 Å². The zero-order valence-electron chi connectivity index (χ0n) is 16.0. The van der Waals surface area contributed by atoms with Crippen molar-refractivity contribution in [3.63, 3.8) is 0 Å². The summed E-state index contributed by atoms with van der Waals surface area (Å²) in [4.78, 5) is 12.6. The molecule has 0 amide bonds. The van der Waals surface area contributed by atoms with Gasteiger partial charge < -0.3 is 4.74 Å². The number of hydrogen-bond acceptors (Lipinski definition) is 4. The van der Waals surface area contributed by atoms with Gasteiger partial charge in [-0.3, -0.25) is 4.31 Å². The van der Waals surface area contributed by atoms with Crippen LogP contribution in [0.4, 0.5) is 5.69 Å². The number of fused-ring (bicyclic) bond motifs is 1. The summed E-state index contributed by atoms with van der Waals surface area (Å²) in [7, 11) is -3.76. The molecule has 1 aliphatic rings. The number of hydrogen-bond donors (Lipinski definition) is 0. The average molecular weight is 407 g/mol. The summed E-state index contributed by atoms with van der Waals surface area (Å²) in [6.45, 7) is 2.50. The fourth-order valence-electron chi connectivity index (χ4n) is 3.50. The lowest BCUT2D eigenvalue weighted by atomic mass is 10.1. The molecule has 4 rings (SSSR count). The van der Waals surface area contributed by atoms with Crippen molar-refractivity contribution in [3.8, 4) is 0 Å². The van der Waals surface area contributed by atoms with Gasteiger partial charge in [0, 0.05) is 6.54 Å². The average Bonchev–Trinajstić information content (AvgIpc) is 3.17. The molecule has 3 aromatic carbocycles. The number of benzene rings is 3. The Balaban J connectivity index is 1.55. The predicted molar refractivity (Wildman–Crippen MR) is 111 cm³/mol. The van der Waals surface area contributed by atoms with Gasteiger partial charge in [-0.1, -0.05) is 54.1 Å². The Bertz CT molecular complexity index is 1170. The first kappa shape index (κ1) is 19.2. The van der Waals surface area contributed by atoms with Crippen molar-refractivity contribution in [1.29, 1.82) is 0 Å². The Labute approximate surface area is 170 Å². The van der Waals surface area contributed by atoms with E-state index < -0.39 is 16.0 Å². The third-order valence-electron chi connectivity index (χ3n) is 4.95. The van der Waals surface area contributed by atoms with E-state index in [0.717, 1.165) is 16.7 Å². The highest BCUT2D eigenvalue weighted by molar-refractivity contribution is 7.92. The Kier molecular flexibility index (Phi) is 5.11. The van der Waals surface area contributed by atoms with Gasteiger partial charge in [-0.25, -0.2) is 13.2 Å². The maximum atomic E-state index is 13.2. The summed E-state index contributed by atoms with van der Waals surface area (Å²) in [6.07, 6.45) is 0.674. The summed E-state index contributed by atoms with van der Waals surface area (Å²) < 4.78 is 33.1. The Morgan fingerprint density at radius 2 is 1.79 bits per heavy atom. The summed E-state index contributed by atoms with van der Waals surface area (Å²) in [5.74, 6) is -0.551. The molecule has 0 spiro atoms. The number of ether oxygens (including phenoxy) is 1. The maximum absolute atomic E-state index is 13.2. The van der Waals surface area contributed by atoms with E-state index in [0.29, 0.717) is 18.7 Å². The van der Waals surface area contributed by atoms with Crippen LogP contribution < -0.4 is 4.31 Å². The van der Waals surface area contributed by atoms with Gasteiger partial charge in [-0.2, -0.15) is 0 Å². The number of aryl methyl sites for hydroxylation is 1. The summed E-state index contributed by atoms with van der Waals surface area (Å²) in [5.41, 5.74) is 3.88. The molecule has 0 fully saturated rings. The number of anilines is 1. The SMILES string of the molecule is Cc1cccc(COC(=O)c2cccc(S(=O)(=O)N3CCc4ccccc43)c2)c1. The highest BCUT2D eigenvalue weighted by Gasteiger charge is 2.31. The first-order chi connectivity index (χ1) is 13.9. The first-order valence-electron chi connectivity index (χ1n) is 9.38. The van der Waals surface area contributed by atoms with Crippen molar-refractivity contribution in [2.75, 3.05) is 10.8 Å². The van der Waals surface area contributed by atoms with Gasteiger partial charge in [0.05, 0.1) is 16.1 Å². The molecule has 5 nitrogen and oxygen atoms in total. The second kappa shape index (κ2) is 7.72. The number of carbonyl (C=O) groups excluding carboxylic acids is 1. The van der Waals surface area contributed by atoms with Gasteiger partial charge in [0.1, 0.15) is 6.61 Å².